The van der Waals surface area contributed by atoms with Crippen LogP contribution in [0, 0.1) is 0 Å². The highest BCUT2D eigenvalue weighted by molar-refractivity contribution is 6.54. The lowest BCUT2D eigenvalue weighted by Gasteiger charge is -2.08. The molecule has 0 atom stereocenters. The Bertz CT molecular complexity index is 564. The first-order chi connectivity index (χ1) is 8.58. The summed E-state index contributed by atoms with van der Waals surface area (Å²) >= 11 is 23.7. The van der Waals surface area contributed by atoms with Gasteiger partial charge in [-0.3, -0.25) is 4.57 Å². The van der Waals surface area contributed by atoms with Crippen molar-refractivity contribution in [2.45, 2.75) is 4.84 Å². The summed E-state index contributed by atoms with van der Waals surface area (Å²) in [6, 6.07) is 4.97. The Morgan fingerprint density at radius 1 is 1.28 bits per heavy atom. The lowest BCUT2D eigenvalue weighted by molar-refractivity contribution is 1.10. The molecule has 0 aliphatic rings. The molecule has 0 N–H and O–H groups in total. The molecule has 2 rings (SSSR count). The molecule has 0 saturated heterocycles. The number of rotatable bonds is 2. The van der Waals surface area contributed by atoms with E-state index in [1.165, 1.54) is 0 Å². The highest BCUT2D eigenvalue weighted by Gasteiger charge is 2.13. The third-order valence-electron chi connectivity index (χ3n) is 2.11. The van der Waals surface area contributed by atoms with Crippen molar-refractivity contribution in [1.82, 2.24) is 9.55 Å². The maximum atomic E-state index is 6.03. The van der Waals surface area contributed by atoms with Crippen LogP contribution in [0.3, 0.4) is 0 Å². The molecule has 0 aliphatic heterocycles. The van der Waals surface area contributed by atoms with E-state index in [-0.39, 0.29) is 0 Å². The van der Waals surface area contributed by atoms with Gasteiger partial charge in [-0.15, -0.1) is 0 Å². The lowest BCUT2D eigenvalue weighted by atomic mass is 10.3. The predicted octanol–water partition coefficient (Wildman–Crippen LogP) is 4.57. The van der Waals surface area contributed by atoms with Crippen molar-refractivity contribution in [3.8, 4) is 0 Å². The molecule has 7 heteroatoms. The number of alkyl halides is 2. The van der Waals surface area contributed by atoms with Crippen LogP contribution >= 0.6 is 46.4 Å². The fourth-order valence-electron chi connectivity index (χ4n) is 1.31. The lowest BCUT2D eigenvalue weighted by Crippen LogP contribution is -2.17. The van der Waals surface area contributed by atoms with Crippen molar-refractivity contribution in [2.24, 2.45) is 4.99 Å². The first-order valence-electron chi connectivity index (χ1n) is 4.88. The Labute approximate surface area is 124 Å². The number of nitrogens with zero attached hydrogens (tertiary/aromatic N) is 3. The largest absolute Gasteiger partial charge is 0.292 e. The molecule has 0 aliphatic carbocycles. The molecule has 0 fully saturated rings. The summed E-state index contributed by atoms with van der Waals surface area (Å²) in [6.45, 7) is 0. The van der Waals surface area contributed by atoms with E-state index in [9.17, 15) is 0 Å². The maximum Gasteiger partial charge on any atom is 0.165 e. The minimum Gasteiger partial charge on any atom is -0.292 e. The maximum absolute atomic E-state index is 6.03. The quantitative estimate of drug-likeness (QED) is 0.452. The molecule has 94 valence electrons. The van der Waals surface area contributed by atoms with Crippen molar-refractivity contribution in [2.75, 3.05) is 0 Å². The molecule has 0 radical (unpaired) electrons. The third-order valence-corrected chi connectivity index (χ3v) is 3.05. The number of benzene rings is 1. The normalized spacial score (nSPS) is 12.2. The Morgan fingerprint density at radius 3 is 2.67 bits per heavy atom. The zero-order chi connectivity index (χ0) is 13.1. The van der Waals surface area contributed by atoms with Crippen LogP contribution in [0.1, 0.15) is 0 Å². The van der Waals surface area contributed by atoms with Crippen molar-refractivity contribution < 1.29 is 0 Å². The van der Waals surface area contributed by atoms with Gasteiger partial charge in [0, 0.05) is 17.4 Å². The smallest absolute Gasteiger partial charge is 0.165 e. The Balaban J connectivity index is 2.48. The van der Waals surface area contributed by atoms with E-state index in [4.69, 9.17) is 46.4 Å². The zero-order valence-electron chi connectivity index (χ0n) is 8.89. The van der Waals surface area contributed by atoms with Crippen molar-refractivity contribution >= 4 is 57.9 Å². The fourth-order valence-corrected chi connectivity index (χ4v) is 1.96. The van der Waals surface area contributed by atoms with Crippen LogP contribution < -0.4 is 0 Å². The minimum atomic E-state index is -0.811. The van der Waals surface area contributed by atoms with Gasteiger partial charge in [-0.05, 0) is 18.2 Å². The molecular weight excluding hydrogens is 316 g/mol. The average Bonchev–Trinajstić information content (AvgIpc) is 2.83. The highest BCUT2D eigenvalue weighted by atomic mass is 35.5. The molecule has 0 amide bonds. The van der Waals surface area contributed by atoms with E-state index >= 15 is 0 Å². The molecule has 1 aromatic heterocycles. The molecule has 1 heterocycles. The highest BCUT2D eigenvalue weighted by Crippen LogP contribution is 2.29. The predicted molar refractivity (Wildman–Crippen MR) is 76.7 cm³/mol. The van der Waals surface area contributed by atoms with E-state index in [2.05, 4.69) is 9.98 Å². The van der Waals surface area contributed by atoms with Crippen LogP contribution in [0.5, 0.6) is 0 Å². The number of aromatic nitrogens is 2. The van der Waals surface area contributed by atoms with E-state index in [1.54, 1.807) is 41.5 Å². The summed E-state index contributed by atoms with van der Waals surface area (Å²) in [6.07, 6.45) is 4.84. The average molecular weight is 323 g/mol. The standard InChI is InChI=1S/C11H7Cl4N3/c12-7-1-2-8(13)9(5-7)17-11(10(14)15)18-4-3-16-6-18/h1-6,10H/b17-11+. The van der Waals surface area contributed by atoms with Crippen LogP contribution in [-0.2, 0) is 0 Å². The van der Waals surface area contributed by atoms with Gasteiger partial charge in [-0.25, -0.2) is 9.98 Å². The molecule has 1 aromatic carbocycles. The molecule has 18 heavy (non-hydrogen) atoms. The summed E-state index contributed by atoms with van der Waals surface area (Å²) in [5.74, 6) is 0.403. The van der Waals surface area contributed by atoms with E-state index in [0.29, 0.717) is 21.6 Å². The molecule has 2 aromatic rings. The van der Waals surface area contributed by atoms with Crippen molar-refractivity contribution in [3.63, 3.8) is 0 Å². The second kappa shape index (κ2) is 5.93. The Kier molecular flexibility index (Phi) is 4.51. The summed E-state index contributed by atoms with van der Waals surface area (Å²) in [5.41, 5.74) is 0.499. The third kappa shape index (κ3) is 3.18. The second-order valence-corrected chi connectivity index (χ2v) is 5.28. The van der Waals surface area contributed by atoms with Crippen LogP contribution in [0.25, 0.3) is 0 Å². The molecule has 0 spiro atoms. The van der Waals surface area contributed by atoms with Gasteiger partial charge in [0.25, 0.3) is 0 Å². The van der Waals surface area contributed by atoms with Crippen molar-refractivity contribution in [1.29, 1.82) is 0 Å². The molecule has 0 saturated carbocycles. The van der Waals surface area contributed by atoms with Gasteiger partial charge in [0.1, 0.15) is 12.2 Å². The minimum absolute atomic E-state index is 0.403. The van der Waals surface area contributed by atoms with Gasteiger partial charge in [0.15, 0.2) is 4.84 Å². The molecule has 0 bridgehead atoms. The Hall–Kier alpha value is -0.740. The summed E-state index contributed by atoms with van der Waals surface area (Å²) in [4.78, 5) is 7.42. The summed E-state index contributed by atoms with van der Waals surface area (Å²) in [7, 11) is 0. The van der Waals surface area contributed by atoms with Crippen LogP contribution in [0.4, 0.5) is 5.69 Å². The summed E-state index contributed by atoms with van der Waals surface area (Å²) in [5, 5.41) is 0.995. The van der Waals surface area contributed by atoms with Gasteiger partial charge < -0.3 is 0 Å². The molecule has 0 unspecified atom stereocenters. The number of imidazole rings is 1. The number of hydrogen-bond donors (Lipinski definition) is 0. The van der Waals surface area contributed by atoms with Gasteiger partial charge in [0.2, 0.25) is 0 Å². The number of hydrogen-bond acceptors (Lipinski definition) is 2. The van der Waals surface area contributed by atoms with E-state index < -0.39 is 4.84 Å². The second-order valence-electron chi connectivity index (χ2n) is 3.34. The van der Waals surface area contributed by atoms with Crippen LogP contribution in [0.15, 0.2) is 41.9 Å². The van der Waals surface area contributed by atoms with E-state index in [1.807, 2.05) is 0 Å². The number of halogens is 4. The van der Waals surface area contributed by atoms with Gasteiger partial charge in [-0.1, -0.05) is 46.4 Å². The fraction of sp³-hybridized carbons (Fsp3) is 0.0909. The van der Waals surface area contributed by atoms with E-state index in [0.717, 1.165) is 0 Å². The monoisotopic (exact) mass is 321 g/mol. The SMILES string of the molecule is Clc1ccc(Cl)c(/N=C(\C(Cl)Cl)n2ccnc2)c1. The summed E-state index contributed by atoms with van der Waals surface area (Å²) < 4.78 is 1.61. The number of aliphatic imine (C=N–C) groups is 1. The topological polar surface area (TPSA) is 30.2 Å². The van der Waals surface area contributed by atoms with Crippen molar-refractivity contribution in [3.05, 3.63) is 47.0 Å². The van der Waals surface area contributed by atoms with Crippen LogP contribution in [-0.4, -0.2) is 20.2 Å². The van der Waals surface area contributed by atoms with Gasteiger partial charge >= 0.3 is 0 Å². The first kappa shape index (κ1) is 13.7. The molecular formula is C11H7Cl4N3. The van der Waals surface area contributed by atoms with Gasteiger partial charge in [-0.2, -0.15) is 0 Å². The first-order valence-corrected chi connectivity index (χ1v) is 6.51. The van der Waals surface area contributed by atoms with Crippen LogP contribution in [0.2, 0.25) is 10.0 Å². The zero-order valence-corrected chi connectivity index (χ0v) is 11.9. The Morgan fingerprint density at radius 2 is 2.06 bits per heavy atom. The molecule has 3 nitrogen and oxygen atoms in total. The van der Waals surface area contributed by atoms with Gasteiger partial charge in [0.05, 0.1) is 10.7 Å².